The van der Waals surface area contributed by atoms with E-state index in [1.807, 2.05) is 5.57 Å². The number of hydrogen-bond donors (Lipinski definition) is 0. The Kier molecular flexibility index (Phi) is 3.35. The second-order valence-corrected chi connectivity index (χ2v) is 6.36. The highest BCUT2D eigenvalue weighted by Gasteiger charge is 2.30. The molecule has 2 saturated carbocycles. The summed E-state index contributed by atoms with van der Waals surface area (Å²) in [5.41, 5.74) is 1.88. The van der Waals surface area contributed by atoms with Gasteiger partial charge in [0.1, 0.15) is 0 Å². The third kappa shape index (κ3) is 2.21. The van der Waals surface area contributed by atoms with Crippen molar-refractivity contribution in [2.24, 2.45) is 17.8 Å². The number of rotatable bonds is 1. The van der Waals surface area contributed by atoms with E-state index in [2.05, 4.69) is 6.08 Å². The van der Waals surface area contributed by atoms with Crippen molar-refractivity contribution < 1.29 is 0 Å². The van der Waals surface area contributed by atoms with Gasteiger partial charge in [0.05, 0.1) is 0 Å². The summed E-state index contributed by atoms with van der Waals surface area (Å²) in [5, 5.41) is 0. The van der Waals surface area contributed by atoms with Crippen LogP contribution in [0.1, 0.15) is 70.6 Å². The van der Waals surface area contributed by atoms with Crippen LogP contribution >= 0.6 is 0 Å². The Balaban J connectivity index is 1.65. The Hall–Kier alpha value is -0.260. The maximum atomic E-state index is 2.66. The van der Waals surface area contributed by atoms with Crippen molar-refractivity contribution in [1.29, 1.82) is 0 Å². The molecule has 0 bridgehead atoms. The van der Waals surface area contributed by atoms with Crippen LogP contribution in [0.25, 0.3) is 0 Å². The highest BCUT2D eigenvalue weighted by molar-refractivity contribution is 5.13. The lowest BCUT2D eigenvalue weighted by Gasteiger charge is -2.38. The minimum Gasteiger partial charge on any atom is -0.0848 e. The number of fused-ring (bicyclic) bond motifs is 1. The van der Waals surface area contributed by atoms with E-state index in [0.29, 0.717) is 0 Å². The smallest absolute Gasteiger partial charge is 0.0203 e. The predicted molar refractivity (Wildman–Crippen MR) is 69.3 cm³/mol. The first-order valence-corrected chi connectivity index (χ1v) is 7.62. The second-order valence-electron chi connectivity index (χ2n) is 6.36. The molecule has 0 saturated heterocycles. The van der Waals surface area contributed by atoms with Gasteiger partial charge in [-0.3, -0.25) is 0 Å². The molecule has 3 rings (SSSR count). The number of hydrogen-bond acceptors (Lipinski definition) is 0. The summed E-state index contributed by atoms with van der Waals surface area (Å²) >= 11 is 0. The molecule has 0 heterocycles. The van der Waals surface area contributed by atoms with Crippen LogP contribution in [0.4, 0.5) is 0 Å². The van der Waals surface area contributed by atoms with Crippen LogP contribution in [0.5, 0.6) is 0 Å². The molecule has 0 aromatic rings. The van der Waals surface area contributed by atoms with Gasteiger partial charge in [0, 0.05) is 0 Å². The van der Waals surface area contributed by atoms with Crippen LogP contribution in [-0.4, -0.2) is 0 Å². The molecule has 90 valence electrons. The first-order valence-electron chi connectivity index (χ1n) is 7.62. The van der Waals surface area contributed by atoms with Gasteiger partial charge in [-0.25, -0.2) is 0 Å². The molecule has 3 aliphatic carbocycles. The van der Waals surface area contributed by atoms with Crippen LogP contribution in [0.2, 0.25) is 0 Å². The van der Waals surface area contributed by atoms with E-state index in [4.69, 9.17) is 0 Å². The van der Waals surface area contributed by atoms with Crippen molar-refractivity contribution in [3.63, 3.8) is 0 Å². The summed E-state index contributed by atoms with van der Waals surface area (Å²) in [5.74, 6) is 3.15. The van der Waals surface area contributed by atoms with Crippen LogP contribution in [-0.2, 0) is 0 Å². The molecule has 0 nitrogen and oxygen atoms in total. The lowest BCUT2D eigenvalue weighted by Crippen LogP contribution is -2.25. The highest BCUT2D eigenvalue weighted by atomic mass is 14.4. The largest absolute Gasteiger partial charge is 0.0848 e. The van der Waals surface area contributed by atoms with Gasteiger partial charge in [-0.05, 0) is 56.3 Å². The SMILES string of the molecule is C1=C(C2CCCCC2)CC2CCCCC2C1. The van der Waals surface area contributed by atoms with Gasteiger partial charge in [0.2, 0.25) is 0 Å². The molecule has 0 radical (unpaired) electrons. The zero-order valence-corrected chi connectivity index (χ0v) is 10.6. The topological polar surface area (TPSA) is 0 Å². The van der Waals surface area contributed by atoms with Crippen molar-refractivity contribution in [3.05, 3.63) is 11.6 Å². The molecule has 16 heavy (non-hydrogen) atoms. The van der Waals surface area contributed by atoms with E-state index < -0.39 is 0 Å². The molecule has 2 fully saturated rings. The molecular weight excluding hydrogens is 192 g/mol. The van der Waals surface area contributed by atoms with Gasteiger partial charge in [0.15, 0.2) is 0 Å². The first kappa shape index (κ1) is 10.9. The van der Waals surface area contributed by atoms with Gasteiger partial charge in [0.25, 0.3) is 0 Å². The lowest BCUT2D eigenvalue weighted by molar-refractivity contribution is 0.214. The standard InChI is InChI=1S/C16H26/c1-2-6-13(7-3-1)16-11-10-14-8-4-5-9-15(14)12-16/h11,13-15H,1-10,12H2. The Bertz CT molecular complexity index is 257. The predicted octanol–water partition coefficient (Wildman–Crippen LogP) is 5.09. The van der Waals surface area contributed by atoms with Gasteiger partial charge < -0.3 is 0 Å². The minimum absolute atomic E-state index is 0.997. The van der Waals surface area contributed by atoms with Crippen molar-refractivity contribution in [2.75, 3.05) is 0 Å². The molecule has 2 unspecified atom stereocenters. The summed E-state index contributed by atoms with van der Waals surface area (Å²) in [6.45, 7) is 0. The molecular formula is C16H26. The van der Waals surface area contributed by atoms with E-state index in [0.717, 1.165) is 17.8 Å². The molecule has 0 N–H and O–H groups in total. The lowest BCUT2D eigenvalue weighted by atomic mass is 9.68. The first-order chi connectivity index (χ1) is 7.93. The molecule has 0 spiro atoms. The van der Waals surface area contributed by atoms with Crippen LogP contribution in [0.15, 0.2) is 11.6 Å². The van der Waals surface area contributed by atoms with Crippen LogP contribution in [0, 0.1) is 17.8 Å². The maximum absolute atomic E-state index is 2.66. The van der Waals surface area contributed by atoms with Gasteiger partial charge in [-0.1, -0.05) is 43.8 Å². The van der Waals surface area contributed by atoms with Gasteiger partial charge >= 0.3 is 0 Å². The average Bonchev–Trinajstić information content (AvgIpc) is 2.39. The summed E-state index contributed by atoms with van der Waals surface area (Å²) in [4.78, 5) is 0. The fourth-order valence-electron chi connectivity index (χ4n) is 4.36. The minimum atomic E-state index is 0.997. The molecule has 3 aliphatic rings. The van der Waals surface area contributed by atoms with Gasteiger partial charge in [-0.2, -0.15) is 0 Å². The Labute approximate surface area is 101 Å². The summed E-state index contributed by atoms with van der Waals surface area (Å²) < 4.78 is 0. The average molecular weight is 218 g/mol. The van der Waals surface area contributed by atoms with Crippen molar-refractivity contribution in [3.8, 4) is 0 Å². The summed E-state index contributed by atoms with van der Waals surface area (Å²) in [7, 11) is 0. The fraction of sp³-hybridized carbons (Fsp3) is 0.875. The molecule has 0 aromatic heterocycles. The molecule has 0 amide bonds. The van der Waals surface area contributed by atoms with Crippen molar-refractivity contribution >= 4 is 0 Å². The monoisotopic (exact) mass is 218 g/mol. The Morgan fingerprint density at radius 1 is 0.750 bits per heavy atom. The summed E-state index contributed by atoms with van der Waals surface area (Å²) in [6.07, 6.45) is 19.1. The van der Waals surface area contributed by atoms with Crippen LogP contribution in [0.3, 0.4) is 0 Å². The van der Waals surface area contributed by atoms with E-state index >= 15 is 0 Å². The molecule has 0 heteroatoms. The number of allylic oxidation sites excluding steroid dienone is 2. The molecule has 0 aromatic carbocycles. The van der Waals surface area contributed by atoms with E-state index in [1.165, 1.54) is 70.6 Å². The third-order valence-corrected chi connectivity index (χ3v) is 5.38. The van der Waals surface area contributed by atoms with E-state index in [1.54, 1.807) is 0 Å². The second kappa shape index (κ2) is 4.94. The normalized spacial score (nSPS) is 36.6. The third-order valence-electron chi connectivity index (χ3n) is 5.38. The zero-order chi connectivity index (χ0) is 10.8. The maximum Gasteiger partial charge on any atom is -0.0203 e. The molecule has 2 atom stereocenters. The fourth-order valence-corrected chi connectivity index (χ4v) is 4.36. The summed E-state index contributed by atoms with van der Waals surface area (Å²) in [6, 6.07) is 0. The zero-order valence-electron chi connectivity index (χ0n) is 10.6. The van der Waals surface area contributed by atoms with E-state index in [9.17, 15) is 0 Å². The Morgan fingerprint density at radius 2 is 1.44 bits per heavy atom. The van der Waals surface area contributed by atoms with Crippen molar-refractivity contribution in [1.82, 2.24) is 0 Å². The quantitative estimate of drug-likeness (QED) is 0.538. The van der Waals surface area contributed by atoms with Gasteiger partial charge in [-0.15, -0.1) is 0 Å². The van der Waals surface area contributed by atoms with E-state index in [-0.39, 0.29) is 0 Å². The highest BCUT2D eigenvalue weighted by Crippen LogP contribution is 2.44. The molecule has 0 aliphatic heterocycles. The van der Waals surface area contributed by atoms with Crippen LogP contribution < -0.4 is 0 Å². The van der Waals surface area contributed by atoms with Crippen molar-refractivity contribution in [2.45, 2.75) is 70.6 Å². The Morgan fingerprint density at radius 3 is 2.25 bits per heavy atom.